The minimum atomic E-state index is -3.73. The molecule has 0 spiro atoms. The number of aryl methyl sites for hydroxylation is 1. The highest BCUT2D eigenvalue weighted by molar-refractivity contribution is 9.10. The Balaban J connectivity index is 2.76. The van der Waals surface area contributed by atoms with Crippen LogP contribution in [0, 0.1) is 12.7 Å². The number of carbonyl (C=O) groups is 1. The van der Waals surface area contributed by atoms with Gasteiger partial charge in [-0.3, -0.25) is 9.52 Å². The number of rotatable bonds is 6. The largest absolute Gasteiger partial charge is 0.466 e. The number of anilines is 1. The number of esters is 1. The molecule has 0 aliphatic rings. The average molecular weight is 368 g/mol. The van der Waals surface area contributed by atoms with Gasteiger partial charge in [0.05, 0.1) is 28.9 Å². The first-order valence-corrected chi connectivity index (χ1v) is 8.31. The van der Waals surface area contributed by atoms with Crippen molar-refractivity contribution in [3.63, 3.8) is 0 Å². The van der Waals surface area contributed by atoms with Crippen LogP contribution in [-0.4, -0.2) is 26.7 Å². The minimum Gasteiger partial charge on any atom is -0.466 e. The van der Waals surface area contributed by atoms with E-state index in [4.69, 9.17) is 0 Å². The summed E-state index contributed by atoms with van der Waals surface area (Å²) >= 11 is 3.01. The second-order valence-electron chi connectivity index (χ2n) is 4.06. The molecule has 1 aromatic carbocycles. The Bertz CT molecular complexity index is 604. The van der Waals surface area contributed by atoms with Gasteiger partial charge in [0.15, 0.2) is 0 Å². The van der Waals surface area contributed by atoms with E-state index in [1.165, 1.54) is 6.07 Å². The van der Waals surface area contributed by atoms with Crippen LogP contribution in [0.25, 0.3) is 0 Å². The van der Waals surface area contributed by atoms with E-state index in [2.05, 4.69) is 25.4 Å². The first kappa shape index (κ1) is 16.9. The fourth-order valence-corrected chi connectivity index (χ4v) is 2.98. The van der Waals surface area contributed by atoms with Crippen LogP contribution in [-0.2, 0) is 19.6 Å². The number of ether oxygens (including phenoxy) is 1. The van der Waals surface area contributed by atoms with Crippen molar-refractivity contribution in [2.75, 3.05) is 17.1 Å². The minimum absolute atomic E-state index is 0.148. The molecule has 1 N–H and O–H groups in total. The fourth-order valence-electron chi connectivity index (χ4n) is 1.43. The van der Waals surface area contributed by atoms with Crippen LogP contribution in [0.4, 0.5) is 10.1 Å². The molecule has 20 heavy (non-hydrogen) atoms. The number of hydrogen-bond donors (Lipinski definition) is 1. The number of hydrogen-bond acceptors (Lipinski definition) is 4. The Morgan fingerprint density at radius 1 is 1.45 bits per heavy atom. The van der Waals surface area contributed by atoms with E-state index < -0.39 is 27.6 Å². The summed E-state index contributed by atoms with van der Waals surface area (Å²) in [5.41, 5.74) is 0.715. The SMILES string of the molecule is CCOC(=O)CCS(=O)(=O)Nc1cc(F)c(Br)cc1C. The lowest BCUT2D eigenvalue weighted by Crippen LogP contribution is -2.20. The van der Waals surface area contributed by atoms with Gasteiger partial charge in [-0.1, -0.05) is 0 Å². The molecule has 0 fully saturated rings. The van der Waals surface area contributed by atoms with Crippen LogP contribution >= 0.6 is 15.9 Å². The Morgan fingerprint density at radius 3 is 2.70 bits per heavy atom. The van der Waals surface area contributed by atoms with Gasteiger partial charge in [0.1, 0.15) is 5.82 Å². The van der Waals surface area contributed by atoms with Gasteiger partial charge in [0.2, 0.25) is 10.0 Å². The molecule has 0 unspecified atom stereocenters. The maximum Gasteiger partial charge on any atom is 0.306 e. The molecule has 0 saturated heterocycles. The Labute approximate surface area is 125 Å². The van der Waals surface area contributed by atoms with E-state index >= 15 is 0 Å². The fraction of sp³-hybridized carbons (Fsp3) is 0.417. The Hall–Kier alpha value is -1.15. The molecule has 1 rings (SSSR count). The van der Waals surface area contributed by atoms with Gasteiger partial charge in [0, 0.05) is 0 Å². The van der Waals surface area contributed by atoms with Gasteiger partial charge in [-0.25, -0.2) is 12.8 Å². The third-order valence-corrected chi connectivity index (χ3v) is 4.29. The number of nitrogens with one attached hydrogen (secondary N) is 1. The highest BCUT2D eigenvalue weighted by atomic mass is 79.9. The molecule has 0 radical (unpaired) electrons. The van der Waals surface area contributed by atoms with E-state index in [1.54, 1.807) is 13.8 Å². The standard InChI is InChI=1S/C12H15BrFNO4S/c1-3-19-12(16)4-5-20(17,18)15-11-7-10(14)9(13)6-8(11)2/h6-7,15H,3-5H2,1-2H3. The summed E-state index contributed by atoms with van der Waals surface area (Å²) in [5.74, 6) is -1.57. The summed E-state index contributed by atoms with van der Waals surface area (Å²) < 4.78 is 44.2. The molecule has 0 aliphatic heterocycles. The zero-order chi connectivity index (χ0) is 15.3. The first-order valence-electron chi connectivity index (χ1n) is 5.87. The zero-order valence-corrected chi connectivity index (χ0v) is 13.5. The maximum atomic E-state index is 13.4. The topological polar surface area (TPSA) is 72.5 Å². The summed E-state index contributed by atoms with van der Waals surface area (Å²) in [7, 11) is -3.73. The first-order chi connectivity index (χ1) is 9.25. The summed E-state index contributed by atoms with van der Waals surface area (Å²) in [5, 5.41) is 0. The van der Waals surface area contributed by atoms with E-state index in [9.17, 15) is 17.6 Å². The lowest BCUT2D eigenvalue weighted by atomic mass is 10.2. The van der Waals surface area contributed by atoms with Gasteiger partial charge in [0.25, 0.3) is 0 Å². The van der Waals surface area contributed by atoms with Crippen molar-refractivity contribution in [2.24, 2.45) is 0 Å². The van der Waals surface area contributed by atoms with Crippen molar-refractivity contribution in [1.29, 1.82) is 0 Å². The van der Waals surface area contributed by atoms with Crippen molar-refractivity contribution >= 4 is 37.6 Å². The number of carbonyl (C=O) groups excluding carboxylic acids is 1. The molecular formula is C12H15BrFNO4S. The molecule has 0 saturated carbocycles. The summed E-state index contributed by atoms with van der Waals surface area (Å²) in [6.45, 7) is 3.48. The highest BCUT2D eigenvalue weighted by Gasteiger charge is 2.16. The smallest absolute Gasteiger partial charge is 0.306 e. The van der Waals surface area contributed by atoms with E-state index in [-0.39, 0.29) is 23.2 Å². The molecular weight excluding hydrogens is 353 g/mol. The average Bonchev–Trinajstić information content (AvgIpc) is 2.34. The Kier molecular flexibility index (Phi) is 5.94. The van der Waals surface area contributed by atoms with Gasteiger partial charge in [-0.2, -0.15) is 0 Å². The molecule has 0 heterocycles. The quantitative estimate of drug-likeness (QED) is 0.784. The lowest BCUT2D eigenvalue weighted by Gasteiger charge is -2.11. The molecule has 0 bridgehead atoms. The number of benzene rings is 1. The van der Waals surface area contributed by atoms with Gasteiger partial charge in [-0.05, 0) is 47.5 Å². The van der Waals surface area contributed by atoms with Crippen molar-refractivity contribution in [2.45, 2.75) is 20.3 Å². The maximum absolute atomic E-state index is 13.4. The zero-order valence-electron chi connectivity index (χ0n) is 11.1. The molecule has 0 aromatic heterocycles. The molecule has 5 nitrogen and oxygen atoms in total. The Morgan fingerprint density at radius 2 is 2.10 bits per heavy atom. The predicted octanol–water partition coefficient (Wildman–Crippen LogP) is 2.59. The van der Waals surface area contributed by atoms with Gasteiger partial charge >= 0.3 is 5.97 Å². The van der Waals surface area contributed by atoms with E-state index in [0.29, 0.717) is 5.56 Å². The van der Waals surface area contributed by atoms with E-state index in [1.807, 2.05) is 0 Å². The summed E-state index contributed by atoms with van der Waals surface area (Å²) in [4.78, 5) is 11.1. The van der Waals surface area contributed by atoms with Crippen molar-refractivity contribution < 1.29 is 22.3 Å². The van der Waals surface area contributed by atoms with Crippen LogP contribution in [0.3, 0.4) is 0 Å². The third kappa shape index (κ3) is 5.09. The molecule has 0 amide bonds. The van der Waals surface area contributed by atoms with Crippen LogP contribution in [0.2, 0.25) is 0 Å². The summed E-state index contributed by atoms with van der Waals surface area (Å²) in [6.07, 6.45) is -0.249. The second kappa shape index (κ2) is 7.03. The number of sulfonamides is 1. The molecule has 8 heteroatoms. The van der Waals surface area contributed by atoms with Crippen LogP contribution in [0.15, 0.2) is 16.6 Å². The molecule has 0 atom stereocenters. The highest BCUT2D eigenvalue weighted by Crippen LogP contribution is 2.24. The van der Waals surface area contributed by atoms with Crippen LogP contribution in [0.1, 0.15) is 18.9 Å². The van der Waals surface area contributed by atoms with Crippen molar-refractivity contribution in [1.82, 2.24) is 0 Å². The predicted molar refractivity (Wildman–Crippen MR) is 77.5 cm³/mol. The molecule has 112 valence electrons. The normalized spacial score (nSPS) is 11.2. The van der Waals surface area contributed by atoms with Crippen molar-refractivity contribution in [3.05, 3.63) is 28.0 Å². The lowest BCUT2D eigenvalue weighted by molar-refractivity contribution is -0.142. The van der Waals surface area contributed by atoms with Gasteiger partial charge < -0.3 is 4.74 Å². The van der Waals surface area contributed by atoms with Crippen LogP contribution < -0.4 is 4.72 Å². The number of halogens is 2. The van der Waals surface area contributed by atoms with Gasteiger partial charge in [-0.15, -0.1) is 0 Å². The summed E-state index contributed by atoms with van der Waals surface area (Å²) in [6, 6.07) is 2.56. The second-order valence-corrected chi connectivity index (χ2v) is 6.75. The molecule has 0 aliphatic carbocycles. The van der Waals surface area contributed by atoms with Crippen molar-refractivity contribution in [3.8, 4) is 0 Å². The van der Waals surface area contributed by atoms with Crippen LogP contribution in [0.5, 0.6) is 0 Å². The molecule has 1 aromatic rings. The monoisotopic (exact) mass is 367 g/mol. The third-order valence-electron chi connectivity index (χ3n) is 2.41. The van der Waals surface area contributed by atoms with E-state index in [0.717, 1.165) is 6.07 Å².